The van der Waals surface area contributed by atoms with E-state index < -0.39 is 5.97 Å². The van der Waals surface area contributed by atoms with E-state index in [1.54, 1.807) is 18.2 Å². The molecule has 0 bridgehead atoms. The first-order chi connectivity index (χ1) is 11.5. The fourth-order valence-corrected chi connectivity index (χ4v) is 2.33. The third-order valence-corrected chi connectivity index (χ3v) is 3.76. The largest absolute Gasteiger partial charge is 0.478 e. The molecule has 0 unspecified atom stereocenters. The summed E-state index contributed by atoms with van der Waals surface area (Å²) in [5.41, 5.74) is 1.70. The molecule has 0 radical (unpaired) electrons. The lowest BCUT2D eigenvalue weighted by atomic mass is 10.0. The number of carboxylic acids is 1. The maximum Gasteiger partial charge on any atom is 0.335 e. The Bertz CT molecular complexity index is 808. The van der Waals surface area contributed by atoms with Gasteiger partial charge in [0.2, 0.25) is 0 Å². The number of hydrogen-bond donors (Lipinski definition) is 2. The van der Waals surface area contributed by atoms with E-state index in [1.165, 1.54) is 36.4 Å². The Morgan fingerprint density at radius 3 is 2.42 bits per heavy atom. The molecule has 0 atom stereocenters. The van der Waals surface area contributed by atoms with Crippen LogP contribution in [-0.2, 0) is 4.79 Å². The highest BCUT2D eigenvalue weighted by atomic mass is 19.1. The number of rotatable bonds is 5. The first-order valence-corrected chi connectivity index (χ1v) is 7.65. The zero-order chi connectivity index (χ0) is 17.1. The lowest BCUT2D eigenvalue weighted by Gasteiger charge is -2.09. The smallest absolute Gasteiger partial charge is 0.335 e. The minimum atomic E-state index is -1.03. The first-order valence-electron chi connectivity index (χ1n) is 7.65. The number of carboxylic acid groups (broad SMARTS) is 1. The van der Waals surface area contributed by atoms with Crippen molar-refractivity contribution >= 4 is 23.5 Å². The van der Waals surface area contributed by atoms with Crippen LogP contribution in [-0.4, -0.2) is 23.0 Å². The molecule has 0 aromatic heterocycles. The fraction of sp³-hybridized carbons (Fsp3) is 0.158. The van der Waals surface area contributed by atoms with Crippen molar-refractivity contribution in [1.29, 1.82) is 0 Å². The number of nitrogens with one attached hydrogen (secondary N) is 1. The number of aromatic carboxylic acids is 1. The Labute approximate surface area is 138 Å². The molecular formula is C19H16FNO3. The fourth-order valence-electron chi connectivity index (χ4n) is 2.33. The summed E-state index contributed by atoms with van der Waals surface area (Å²) in [5, 5.41) is 12.0. The standard InChI is InChI=1S/C19H16FNO3/c20-15-6-4-13(5-7-15)17(18(22)21-16-8-9-16)11-12-2-1-3-14(10-12)19(23)24/h1-7,10-11,16H,8-9H2,(H,21,22)(H,23,24). The summed E-state index contributed by atoms with van der Waals surface area (Å²) >= 11 is 0. The van der Waals surface area contributed by atoms with E-state index in [2.05, 4.69) is 5.32 Å². The van der Waals surface area contributed by atoms with E-state index in [0.29, 0.717) is 16.7 Å². The molecule has 3 rings (SSSR count). The molecule has 1 fully saturated rings. The molecule has 0 heterocycles. The molecule has 2 N–H and O–H groups in total. The third-order valence-electron chi connectivity index (χ3n) is 3.76. The van der Waals surface area contributed by atoms with Crippen molar-refractivity contribution in [3.63, 3.8) is 0 Å². The zero-order valence-corrected chi connectivity index (χ0v) is 12.8. The predicted octanol–water partition coefficient (Wildman–Crippen LogP) is 3.34. The molecule has 24 heavy (non-hydrogen) atoms. The van der Waals surface area contributed by atoms with E-state index in [-0.39, 0.29) is 23.3 Å². The Morgan fingerprint density at radius 2 is 1.79 bits per heavy atom. The van der Waals surface area contributed by atoms with Crippen LogP contribution in [0.3, 0.4) is 0 Å². The van der Waals surface area contributed by atoms with Crippen LogP contribution in [0.5, 0.6) is 0 Å². The number of carbonyl (C=O) groups excluding carboxylic acids is 1. The van der Waals surface area contributed by atoms with Gasteiger partial charge in [-0.2, -0.15) is 0 Å². The van der Waals surface area contributed by atoms with Gasteiger partial charge < -0.3 is 10.4 Å². The molecule has 2 aromatic carbocycles. The molecule has 0 spiro atoms. The molecule has 2 aromatic rings. The van der Waals surface area contributed by atoms with E-state index in [0.717, 1.165) is 12.8 Å². The number of hydrogen-bond acceptors (Lipinski definition) is 2. The molecule has 0 saturated heterocycles. The topological polar surface area (TPSA) is 66.4 Å². The van der Waals surface area contributed by atoms with Gasteiger partial charge >= 0.3 is 5.97 Å². The van der Waals surface area contributed by atoms with Gasteiger partial charge in [0.05, 0.1) is 5.56 Å². The Balaban J connectivity index is 1.99. The van der Waals surface area contributed by atoms with Crippen LogP contribution in [0.4, 0.5) is 4.39 Å². The molecule has 1 saturated carbocycles. The average Bonchev–Trinajstić information content (AvgIpc) is 3.38. The molecule has 5 heteroatoms. The third kappa shape index (κ3) is 3.87. The Hall–Kier alpha value is -2.95. The highest BCUT2D eigenvalue weighted by Gasteiger charge is 2.25. The SMILES string of the molecule is O=C(NC1CC1)C(=Cc1cccc(C(=O)O)c1)c1ccc(F)cc1. The molecule has 0 aliphatic heterocycles. The van der Waals surface area contributed by atoms with Crippen LogP contribution in [0.25, 0.3) is 11.6 Å². The van der Waals surface area contributed by atoms with Crippen LogP contribution in [0.1, 0.15) is 34.3 Å². The molecular weight excluding hydrogens is 309 g/mol. The van der Waals surface area contributed by atoms with Crippen molar-refractivity contribution in [2.45, 2.75) is 18.9 Å². The van der Waals surface area contributed by atoms with Gasteiger partial charge in [-0.1, -0.05) is 24.3 Å². The van der Waals surface area contributed by atoms with Gasteiger partial charge in [-0.3, -0.25) is 4.79 Å². The highest BCUT2D eigenvalue weighted by Crippen LogP contribution is 2.24. The summed E-state index contributed by atoms with van der Waals surface area (Å²) in [4.78, 5) is 23.6. The quantitative estimate of drug-likeness (QED) is 0.654. The summed E-state index contributed by atoms with van der Waals surface area (Å²) in [6.45, 7) is 0. The van der Waals surface area contributed by atoms with Gasteiger partial charge in [0.1, 0.15) is 5.82 Å². The van der Waals surface area contributed by atoms with Crippen LogP contribution in [0.2, 0.25) is 0 Å². The van der Waals surface area contributed by atoms with Crippen LogP contribution in [0.15, 0.2) is 48.5 Å². The van der Waals surface area contributed by atoms with Gasteiger partial charge in [-0.15, -0.1) is 0 Å². The van der Waals surface area contributed by atoms with Gasteiger partial charge in [0, 0.05) is 11.6 Å². The van der Waals surface area contributed by atoms with Gasteiger partial charge in [-0.05, 0) is 54.3 Å². The van der Waals surface area contributed by atoms with Crippen molar-refractivity contribution in [2.75, 3.05) is 0 Å². The first kappa shape index (κ1) is 15.9. The zero-order valence-electron chi connectivity index (χ0n) is 12.8. The minimum Gasteiger partial charge on any atom is -0.478 e. The predicted molar refractivity (Wildman–Crippen MR) is 88.8 cm³/mol. The van der Waals surface area contributed by atoms with Crippen molar-refractivity contribution in [2.24, 2.45) is 0 Å². The van der Waals surface area contributed by atoms with Crippen LogP contribution >= 0.6 is 0 Å². The molecule has 122 valence electrons. The number of amides is 1. The van der Waals surface area contributed by atoms with E-state index in [9.17, 15) is 14.0 Å². The van der Waals surface area contributed by atoms with Crippen molar-refractivity contribution in [3.05, 3.63) is 71.0 Å². The number of halogens is 1. The normalized spacial score (nSPS) is 14.3. The molecule has 4 nitrogen and oxygen atoms in total. The Kier molecular flexibility index (Phi) is 4.42. The van der Waals surface area contributed by atoms with Crippen molar-refractivity contribution in [1.82, 2.24) is 5.32 Å². The van der Waals surface area contributed by atoms with Crippen LogP contribution < -0.4 is 5.32 Å². The van der Waals surface area contributed by atoms with E-state index >= 15 is 0 Å². The molecule has 1 aliphatic rings. The number of benzene rings is 2. The summed E-state index contributed by atoms with van der Waals surface area (Å²) in [5.74, 6) is -1.66. The molecule has 1 aliphatic carbocycles. The highest BCUT2D eigenvalue weighted by molar-refractivity contribution is 6.24. The van der Waals surface area contributed by atoms with E-state index in [4.69, 9.17) is 5.11 Å². The summed E-state index contributed by atoms with van der Waals surface area (Å²) in [7, 11) is 0. The molecule has 1 amide bonds. The van der Waals surface area contributed by atoms with Crippen molar-refractivity contribution < 1.29 is 19.1 Å². The van der Waals surface area contributed by atoms with E-state index in [1.807, 2.05) is 0 Å². The Morgan fingerprint density at radius 1 is 1.08 bits per heavy atom. The second-order valence-corrected chi connectivity index (χ2v) is 5.74. The monoisotopic (exact) mass is 325 g/mol. The summed E-state index contributed by atoms with van der Waals surface area (Å²) < 4.78 is 13.2. The number of carbonyl (C=O) groups is 2. The van der Waals surface area contributed by atoms with Gasteiger partial charge in [-0.25, -0.2) is 9.18 Å². The van der Waals surface area contributed by atoms with Crippen molar-refractivity contribution in [3.8, 4) is 0 Å². The minimum absolute atomic E-state index is 0.143. The van der Waals surface area contributed by atoms with Gasteiger partial charge in [0.15, 0.2) is 0 Å². The summed E-state index contributed by atoms with van der Waals surface area (Å²) in [6.07, 6.45) is 3.53. The second kappa shape index (κ2) is 6.66. The van der Waals surface area contributed by atoms with Crippen LogP contribution in [0, 0.1) is 5.82 Å². The van der Waals surface area contributed by atoms with Gasteiger partial charge in [0.25, 0.3) is 5.91 Å². The lowest BCUT2D eigenvalue weighted by Crippen LogP contribution is -2.26. The lowest BCUT2D eigenvalue weighted by molar-refractivity contribution is -0.115. The summed E-state index contributed by atoms with van der Waals surface area (Å²) in [6, 6.07) is 12.2. The average molecular weight is 325 g/mol. The maximum absolute atomic E-state index is 13.2. The maximum atomic E-state index is 13.2. The second-order valence-electron chi connectivity index (χ2n) is 5.74.